The summed E-state index contributed by atoms with van der Waals surface area (Å²) in [6, 6.07) is 8.95. The predicted molar refractivity (Wildman–Crippen MR) is 121 cm³/mol. The van der Waals surface area contributed by atoms with Gasteiger partial charge in [-0.2, -0.15) is 22.2 Å². The summed E-state index contributed by atoms with van der Waals surface area (Å²) in [5, 5.41) is 10.1. The highest BCUT2D eigenvalue weighted by Gasteiger charge is 2.23. The van der Waals surface area contributed by atoms with E-state index < -0.39 is 24.3 Å². The lowest BCUT2D eigenvalue weighted by Gasteiger charge is -2.16. The van der Waals surface area contributed by atoms with Crippen LogP contribution in [0.25, 0.3) is 22.0 Å². The Bertz CT molecular complexity index is 1420. The minimum Gasteiger partial charge on any atom is -0.434 e. The molecule has 0 aliphatic rings. The molecule has 0 radical (unpaired) electrons. The Labute approximate surface area is 197 Å². The van der Waals surface area contributed by atoms with Gasteiger partial charge in [-0.1, -0.05) is 23.8 Å². The van der Waals surface area contributed by atoms with E-state index in [4.69, 9.17) is 0 Å². The van der Waals surface area contributed by atoms with Gasteiger partial charge in [0.1, 0.15) is 11.4 Å². The third-order valence-corrected chi connectivity index (χ3v) is 5.44. The largest absolute Gasteiger partial charge is 0.434 e. The molecule has 0 aliphatic heterocycles. The Morgan fingerprint density at radius 3 is 2.31 bits per heavy atom. The summed E-state index contributed by atoms with van der Waals surface area (Å²) < 4.78 is 59.6. The summed E-state index contributed by atoms with van der Waals surface area (Å²) in [5.74, 6) is 0.0292. The molecule has 35 heavy (non-hydrogen) atoms. The summed E-state index contributed by atoms with van der Waals surface area (Å²) in [7, 11) is 0. The Morgan fingerprint density at radius 2 is 1.71 bits per heavy atom. The summed E-state index contributed by atoms with van der Waals surface area (Å²) in [6.07, 6.45) is 2.95. The zero-order valence-electron chi connectivity index (χ0n) is 19.0. The van der Waals surface area contributed by atoms with Gasteiger partial charge in [0.15, 0.2) is 5.82 Å². The van der Waals surface area contributed by atoms with Crippen molar-refractivity contribution in [2.24, 2.45) is 0 Å². The van der Waals surface area contributed by atoms with E-state index in [2.05, 4.69) is 14.7 Å². The maximum Gasteiger partial charge on any atom is 0.387 e. The van der Waals surface area contributed by atoms with Crippen LogP contribution in [-0.4, -0.2) is 31.0 Å². The van der Waals surface area contributed by atoms with Crippen molar-refractivity contribution in [1.82, 2.24) is 19.3 Å². The molecule has 4 aromatic rings. The molecule has 4 rings (SSSR count). The average molecular weight is 490 g/mol. The molecule has 2 aromatic heterocycles. The predicted octanol–water partition coefficient (Wildman–Crippen LogP) is 4.84. The van der Waals surface area contributed by atoms with Crippen molar-refractivity contribution >= 4 is 10.9 Å². The average Bonchev–Trinajstić information content (AvgIpc) is 3.06. The second kappa shape index (κ2) is 9.14. The zero-order chi connectivity index (χ0) is 25.5. The highest BCUT2D eigenvalue weighted by Crippen LogP contribution is 2.28. The van der Waals surface area contributed by atoms with Crippen LogP contribution >= 0.6 is 0 Å². The summed E-state index contributed by atoms with van der Waals surface area (Å²) in [5.41, 5.74) is -0.0191. The molecule has 2 aromatic carbocycles. The van der Waals surface area contributed by atoms with Gasteiger partial charge in [0, 0.05) is 23.5 Å². The van der Waals surface area contributed by atoms with E-state index in [1.807, 2.05) is 0 Å². The Hall–Kier alpha value is -3.73. The zero-order valence-corrected chi connectivity index (χ0v) is 19.0. The molecule has 0 aliphatic carbocycles. The van der Waals surface area contributed by atoms with Crippen molar-refractivity contribution in [1.29, 1.82) is 0 Å². The van der Waals surface area contributed by atoms with E-state index in [-0.39, 0.29) is 39.3 Å². The fourth-order valence-corrected chi connectivity index (χ4v) is 3.81. The van der Waals surface area contributed by atoms with Crippen molar-refractivity contribution < 1.29 is 27.4 Å². The van der Waals surface area contributed by atoms with E-state index in [9.17, 15) is 27.5 Å². The third-order valence-electron chi connectivity index (χ3n) is 5.44. The summed E-state index contributed by atoms with van der Waals surface area (Å²) >= 11 is 0. The standard InChI is InChI=1S/C24H22F4N4O3/c1-13-4-7-19(35-23(27)28)15(8-13)12-31-18-9-14(5-6-17(18)20(33)32(31)22(25)26)16-10-29-21(30-11-16)24(2,3)34/h4-11,22-23,34H,12H2,1-3H3. The number of hydrogen-bond donors (Lipinski definition) is 1. The van der Waals surface area contributed by atoms with Gasteiger partial charge in [0.2, 0.25) is 0 Å². The van der Waals surface area contributed by atoms with Crippen LogP contribution in [0.15, 0.2) is 53.6 Å². The van der Waals surface area contributed by atoms with Gasteiger partial charge in [-0.25, -0.2) is 9.97 Å². The van der Waals surface area contributed by atoms with Crippen molar-refractivity contribution in [2.45, 2.75) is 46.1 Å². The molecular formula is C24H22F4N4O3. The van der Waals surface area contributed by atoms with Crippen molar-refractivity contribution in [3.8, 4) is 16.9 Å². The third kappa shape index (κ3) is 4.90. The number of aryl methyl sites for hydroxylation is 1. The van der Waals surface area contributed by atoms with Gasteiger partial charge in [-0.3, -0.25) is 9.48 Å². The van der Waals surface area contributed by atoms with Crippen LogP contribution in [0.4, 0.5) is 17.6 Å². The van der Waals surface area contributed by atoms with Crippen molar-refractivity contribution in [3.63, 3.8) is 0 Å². The summed E-state index contributed by atoms with van der Waals surface area (Å²) in [4.78, 5) is 21.1. The molecule has 1 N–H and O–H groups in total. The van der Waals surface area contributed by atoms with Gasteiger partial charge in [-0.05, 0) is 44.5 Å². The van der Waals surface area contributed by atoms with E-state index >= 15 is 0 Å². The number of benzene rings is 2. The molecular weight excluding hydrogens is 468 g/mol. The molecule has 0 saturated carbocycles. The van der Waals surface area contributed by atoms with Crippen LogP contribution in [0.1, 0.15) is 37.3 Å². The van der Waals surface area contributed by atoms with Crippen LogP contribution in [0.2, 0.25) is 0 Å². The quantitative estimate of drug-likeness (QED) is 0.375. The topological polar surface area (TPSA) is 82.2 Å². The number of nitrogens with zero attached hydrogens (tertiary/aromatic N) is 4. The molecule has 11 heteroatoms. The second-order valence-corrected chi connectivity index (χ2v) is 8.56. The molecule has 2 heterocycles. The normalized spacial score (nSPS) is 12.2. The molecule has 0 unspecified atom stereocenters. The first kappa shape index (κ1) is 24.4. The van der Waals surface area contributed by atoms with Gasteiger partial charge in [0.25, 0.3) is 5.56 Å². The first-order valence-corrected chi connectivity index (χ1v) is 10.6. The van der Waals surface area contributed by atoms with Gasteiger partial charge < -0.3 is 9.84 Å². The molecule has 0 saturated heterocycles. The highest BCUT2D eigenvalue weighted by atomic mass is 19.3. The number of hydrogen-bond acceptors (Lipinski definition) is 5. The van der Waals surface area contributed by atoms with Gasteiger partial charge >= 0.3 is 13.2 Å². The molecule has 7 nitrogen and oxygen atoms in total. The van der Waals surface area contributed by atoms with Gasteiger partial charge in [-0.15, -0.1) is 0 Å². The number of aromatic nitrogens is 4. The van der Waals surface area contributed by atoms with Crippen LogP contribution in [0.3, 0.4) is 0 Å². The van der Waals surface area contributed by atoms with Crippen LogP contribution in [-0.2, 0) is 12.1 Å². The number of fused-ring (bicyclic) bond motifs is 1. The number of aliphatic hydroxyl groups is 1. The van der Waals surface area contributed by atoms with Crippen LogP contribution in [0, 0.1) is 6.92 Å². The van der Waals surface area contributed by atoms with Gasteiger partial charge in [0.05, 0.1) is 17.4 Å². The number of halogens is 4. The minimum absolute atomic E-state index is 0.0343. The first-order chi connectivity index (χ1) is 16.5. The maximum atomic E-state index is 13.9. The molecule has 0 atom stereocenters. The Kier molecular flexibility index (Phi) is 6.37. The lowest BCUT2D eigenvalue weighted by atomic mass is 10.1. The smallest absolute Gasteiger partial charge is 0.387 e. The first-order valence-electron chi connectivity index (χ1n) is 10.6. The van der Waals surface area contributed by atoms with Crippen molar-refractivity contribution in [3.05, 3.63) is 76.1 Å². The SMILES string of the molecule is Cc1ccc(OC(F)F)c(Cn2c3cc(-c4cnc(C(C)(C)O)nc4)ccc3c(=O)n2C(F)F)c1. The van der Waals surface area contributed by atoms with E-state index in [1.165, 1.54) is 50.5 Å². The molecule has 0 bridgehead atoms. The van der Waals surface area contributed by atoms with E-state index in [0.717, 1.165) is 4.68 Å². The molecule has 184 valence electrons. The number of rotatable bonds is 7. The fourth-order valence-electron chi connectivity index (χ4n) is 3.81. The minimum atomic E-state index is -3.17. The number of ether oxygens (including phenoxy) is 1. The Balaban J connectivity index is 1.86. The molecule has 0 spiro atoms. The molecule has 0 fully saturated rings. The highest BCUT2D eigenvalue weighted by molar-refractivity contribution is 5.84. The second-order valence-electron chi connectivity index (χ2n) is 8.56. The lowest BCUT2D eigenvalue weighted by Crippen LogP contribution is -2.24. The van der Waals surface area contributed by atoms with Crippen molar-refractivity contribution in [2.75, 3.05) is 0 Å². The van der Waals surface area contributed by atoms with Crippen LogP contribution < -0.4 is 10.3 Å². The fraction of sp³-hybridized carbons (Fsp3) is 0.292. The monoisotopic (exact) mass is 490 g/mol. The molecule has 0 amide bonds. The maximum absolute atomic E-state index is 13.9. The summed E-state index contributed by atoms with van der Waals surface area (Å²) in [6.45, 7) is -1.79. The van der Waals surface area contributed by atoms with Crippen LogP contribution in [0.5, 0.6) is 5.75 Å². The van der Waals surface area contributed by atoms with E-state index in [1.54, 1.807) is 19.1 Å². The Morgan fingerprint density at radius 1 is 1.03 bits per heavy atom. The lowest BCUT2D eigenvalue weighted by molar-refractivity contribution is -0.0506. The number of alkyl halides is 4. The van der Waals surface area contributed by atoms with E-state index in [0.29, 0.717) is 16.7 Å².